The Hall–Kier alpha value is -1.29. The van der Waals surface area contributed by atoms with Crippen LogP contribution in [0.2, 0.25) is 0 Å². The fourth-order valence-corrected chi connectivity index (χ4v) is 0.867. The number of aromatic amines is 1. The first-order valence-corrected chi connectivity index (χ1v) is 2.88. The molecule has 0 amide bonds. The van der Waals surface area contributed by atoms with Gasteiger partial charge in [-0.05, 0) is 0 Å². The number of hydrogen-bond acceptors (Lipinski definition) is 2. The monoisotopic (exact) mass is 171 g/mol. The standard InChI is InChI=1S/C6H5N3O.ClH/c10-6-5-7-1-3-9(5)4-2-8-6;/h1-4H,(H,8,10);1H. The van der Waals surface area contributed by atoms with Gasteiger partial charge in [-0.25, -0.2) is 4.98 Å². The van der Waals surface area contributed by atoms with Crippen LogP contribution in [-0.4, -0.2) is 14.4 Å². The lowest BCUT2D eigenvalue weighted by Gasteiger charge is -1.86. The largest absolute Gasteiger partial charge is 0.324 e. The molecule has 0 bridgehead atoms. The highest BCUT2D eigenvalue weighted by atomic mass is 35.5. The summed E-state index contributed by atoms with van der Waals surface area (Å²) in [6.07, 6.45) is 6.63. The van der Waals surface area contributed by atoms with Crippen molar-refractivity contribution in [1.82, 2.24) is 14.4 Å². The SMILES string of the molecule is Cl.O=c1[nH]ccn2ccnc12. The molecule has 0 fully saturated rings. The first-order chi connectivity index (χ1) is 4.88. The summed E-state index contributed by atoms with van der Waals surface area (Å²) in [5, 5.41) is 0. The lowest BCUT2D eigenvalue weighted by atomic mass is 10.7. The molecule has 2 aromatic rings. The van der Waals surface area contributed by atoms with Crippen molar-refractivity contribution in [2.24, 2.45) is 0 Å². The molecule has 0 aromatic carbocycles. The van der Waals surface area contributed by atoms with Crippen molar-refractivity contribution in [1.29, 1.82) is 0 Å². The van der Waals surface area contributed by atoms with Crippen LogP contribution in [-0.2, 0) is 0 Å². The van der Waals surface area contributed by atoms with Crippen LogP contribution in [0.15, 0.2) is 29.6 Å². The molecule has 58 valence electrons. The molecule has 2 aromatic heterocycles. The summed E-state index contributed by atoms with van der Waals surface area (Å²) in [6, 6.07) is 0. The highest BCUT2D eigenvalue weighted by Gasteiger charge is 1.94. The van der Waals surface area contributed by atoms with Crippen molar-refractivity contribution in [3.63, 3.8) is 0 Å². The van der Waals surface area contributed by atoms with E-state index in [0.29, 0.717) is 5.65 Å². The van der Waals surface area contributed by atoms with Gasteiger partial charge in [-0.15, -0.1) is 12.4 Å². The van der Waals surface area contributed by atoms with Gasteiger partial charge in [0.15, 0.2) is 0 Å². The molecule has 0 aliphatic carbocycles. The van der Waals surface area contributed by atoms with E-state index < -0.39 is 0 Å². The van der Waals surface area contributed by atoms with Gasteiger partial charge in [0.25, 0.3) is 5.56 Å². The number of fused-ring (bicyclic) bond motifs is 1. The molecule has 0 aliphatic rings. The molecule has 0 saturated heterocycles. The molecule has 2 rings (SSSR count). The summed E-state index contributed by atoms with van der Waals surface area (Å²) >= 11 is 0. The summed E-state index contributed by atoms with van der Waals surface area (Å²) in [5.74, 6) is 0. The lowest BCUT2D eigenvalue weighted by molar-refractivity contribution is 1.09. The molecule has 4 nitrogen and oxygen atoms in total. The maximum Gasteiger partial charge on any atom is 0.291 e. The molecule has 0 atom stereocenters. The Morgan fingerprint density at radius 3 is 3.00 bits per heavy atom. The van der Waals surface area contributed by atoms with Gasteiger partial charge in [-0.1, -0.05) is 0 Å². The predicted octanol–water partition coefficient (Wildman–Crippen LogP) is 0.444. The zero-order valence-electron chi connectivity index (χ0n) is 5.52. The second kappa shape index (κ2) is 2.75. The third kappa shape index (κ3) is 1.12. The van der Waals surface area contributed by atoms with Gasteiger partial charge < -0.3 is 9.38 Å². The van der Waals surface area contributed by atoms with E-state index in [4.69, 9.17) is 0 Å². The first-order valence-electron chi connectivity index (χ1n) is 2.88. The molecule has 0 spiro atoms. The molecule has 2 heterocycles. The Morgan fingerprint density at radius 1 is 1.45 bits per heavy atom. The van der Waals surface area contributed by atoms with E-state index in [-0.39, 0.29) is 18.0 Å². The molecule has 11 heavy (non-hydrogen) atoms. The number of aromatic nitrogens is 3. The summed E-state index contributed by atoms with van der Waals surface area (Å²) in [5.41, 5.74) is 0.273. The van der Waals surface area contributed by atoms with Gasteiger partial charge in [0, 0.05) is 24.8 Å². The zero-order valence-corrected chi connectivity index (χ0v) is 6.34. The lowest BCUT2D eigenvalue weighted by Crippen LogP contribution is -2.07. The first kappa shape index (κ1) is 7.81. The van der Waals surface area contributed by atoms with Crippen molar-refractivity contribution in [2.45, 2.75) is 0 Å². The number of hydrogen-bond donors (Lipinski definition) is 1. The average molecular weight is 172 g/mol. The molecular weight excluding hydrogens is 166 g/mol. The van der Waals surface area contributed by atoms with E-state index >= 15 is 0 Å². The molecule has 1 N–H and O–H groups in total. The summed E-state index contributed by atoms with van der Waals surface area (Å²) in [6.45, 7) is 0. The van der Waals surface area contributed by atoms with Crippen LogP contribution in [0, 0.1) is 0 Å². The minimum Gasteiger partial charge on any atom is -0.324 e. The van der Waals surface area contributed by atoms with Crippen LogP contribution in [0.1, 0.15) is 0 Å². The van der Waals surface area contributed by atoms with Gasteiger partial charge >= 0.3 is 0 Å². The third-order valence-corrected chi connectivity index (χ3v) is 1.32. The van der Waals surface area contributed by atoms with Crippen LogP contribution in [0.5, 0.6) is 0 Å². The molecule has 0 aliphatic heterocycles. The van der Waals surface area contributed by atoms with Crippen molar-refractivity contribution in [3.05, 3.63) is 35.1 Å². The topological polar surface area (TPSA) is 50.2 Å². The maximum absolute atomic E-state index is 10.9. The van der Waals surface area contributed by atoms with Crippen LogP contribution in [0.4, 0.5) is 0 Å². The van der Waals surface area contributed by atoms with Gasteiger partial charge in [0.1, 0.15) is 0 Å². The van der Waals surface area contributed by atoms with Gasteiger partial charge in [-0.3, -0.25) is 4.79 Å². The van der Waals surface area contributed by atoms with E-state index in [1.54, 1.807) is 29.2 Å². The van der Waals surface area contributed by atoms with Gasteiger partial charge in [0.05, 0.1) is 0 Å². The van der Waals surface area contributed by atoms with Crippen molar-refractivity contribution in [2.75, 3.05) is 0 Å². The molecular formula is C6H6ClN3O. The van der Waals surface area contributed by atoms with E-state index in [1.807, 2.05) is 0 Å². The summed E-state index contributed by atoms with van der Waals surface area (Å²) < 4.78 is 1.67. The number of imidazole rings is 1. The van der Waals surface area contributed by atoms with E-state index in [0.717, 1.165) is 0 Å². The van der Waals surface area contributed by atoms with Crippen LogP contribution < -0.4 is 5.56 Å². The van der Waals surface area contributed by atoms with Crippen molar-refractivity contribution >= 4 is 18.1 Å². The Morgan fingerprint density at radius 2 is 2.27 bits per heavy atom. The average Bonchev–Trinajstić information content (AvgIpc) is 2.36. The van der Waals surface area contributed by atoms with E-state index in [1.165, 1.54) is 0 Å². The van der Waals surface area contributed by atoms with E-state index in [9.17, 15) is 4.79 Å². The number of nitrogens with zero attached hydrogens (tertiary/aromatic N) is 2. The van der Waals surface area contributed by atoms with Crippen LogP contribution in [0.3, 0.4) is 0 Å². The number of nitrogens with one attached hydrogen (secondary N) is 1. The summed E-state index contributed by atoms with van der Waals surface area (Å²) in [7, 11) is 0. The van der Waals surface area contributed by atoms with Crippen LogP contribution in [0.25, 0.3) is 5.65 Å². The highest BCUT2D eigenvalue weighted by molar-refractivity contribution is 5.85. The minimum atomic E-state index is -0.160. The number of H-pyrrole nitrogens is 1. The smallest absolute Gasteiger partial charge is 0.291 e. The number of halogens is 1. The Balaban J connectivity index is 0.000000605. The Bertz CT molecular complexity index is 405. The van der Waals surface area contributed by atoms with Crippen molar-refractivity contribution < 1.29 is 0 Å². The fraction of sp³-hybridized carbons (Fsp3) is 0. The number of rotatable bonds is 0. The zero-order chi connectivity index (χ0) is 6.97. The highest BCUT2D eigenvalue weighted by Crippen LogP contribution is 1.88. The normalized spacial score (nSPS) is 9.45. The Labute approximate surface area is 68.3 Å². The van der Waals surface area contributed by atoms with Gasteiger partial charge in [-0.2, -0.15) is 0 Å². The molecule has 5 heteroatoms. The fourth-order valence-electron chi connectivity index (χ4n) is 0.867. The molecule has 0 saturated carbocycles. The third-order valence-electron chi connectivity index (χ3n) is 1.32. The second-order valence-corrected chi connectivity index (χ2v) is 1.95. The maximum atomic E-state index is 10.9. The second-order valence-electron chi connectivity index (χ2n) is 1.95. The van der Waals surface area contributed by atoms with Crippen molar-refractivity contribution in [3.8, 4) is 0 Å². The quantitative estimate of drug-likeness (QED) is 0.626. The minimum absolute atomic E-state index is 0. The van der Waals surface area contributed by atoms with Crippen LogP contribution >= 0.6 is 12.4 Å². The molecule has 0 radical (unpaired) electrons. The van der Waals surface area contributed by atoms with E-state index in [2.05, 4.69) is 9.97 Å². The molecule has 0 unspecified atom stereocenters. The Kier molecular flexibility index (Phi) is 1.96. The predicted molar refractivity (Wildman–Crippen MR) is 43.1 cm³/mol. The van der Waals surface area contributed by atoms with Gasteiger partial charge in [0.2, 0.25) is 5.65 Å². The summed E-state index contributed by atoms with van der Waals surface area (Å²) in [4.78, 5) is 17.3.